The first kappa shape index (κ1) is 12.6. The van der Waals surface area contributed by atoms with Crippen LogP contribution in [0.3, 0.4) is 0 Å². The molecule has 0 atom stereocenters. The second kappa shape index (κ2) is 4.59. The number of halogens is 1. The Morgan fingerprint density at radius 1 is 1.60 bits per heavy atom. The molecule has 1 aromatic rings. The summed E-state index contributed by atoms with van der Waals surface area (Å²) in [6.45, 7) is 5.73. The fraction of sp³-hybridized carbons (Fsp3) is 0.556. The van der Waals surface area contributed by atoms with Gasteiger partial charge in [-0.15, -0.1) is 11.3 Å². The number of thiazole rings is 1. The number of hydrogen-bond acceptors (Lipinski definition) is 5. The standard InChI is InChI=1S/C9H13BrN2O2S/c1-9(2,3)14-7(13)6-5(4-11)15-8(10)12-6/h4,11H2,1-3H3. The summed E-state index contributed by atoms with van der Waals surface area (Å²) in [5.74, 6) is -0.426. The molecule has 0 aliphatic heterocycles. The number of ether oxygens (including phenoxy) is 1. The molecule has 0 bridgehead atoms. The fourth-order valence-electron chi connectivity index (χ4n) is 0.947. The van der Waals surface area contributed by atoms with Crippen LogP contribution in [0.5, 0.6) is 0 Å². The molecule has 4 nitrogen and oxygen atoms in total. The SMILES string of the molecule is CC(C)(C)OC(=O)c1nc(Br)sc1CN. The minimum Gasteiger partial charge on any atom is -0.455 e. The van der Waals surface area contributed by atoms with Crippen molar-refractivity contribution in [3.8, 4) is 0 Å². The predicted molar refractivity (Wildman–Crippen MR) is 62.9 cm³/mol. The Morgan fingerprint density at radius 3 is 2.67 bits per heavy atom. The van der Waals surface area contributed by atoms with Gasteiger partial charge < -0.3 is 10.5 Å². The third-order valence-corrected chi connectivity index (χ3v) is 2.98. The maximum absolute atomic E-state index is 11.7. The predicted octanol–water partition coefficient (Wildman–Crippen LogP) is 2.32. The molecular weight excluding hydrogens is 280 g/mol. The minimum atomic E-state index is -0.515. The molecule has 0 aliphatic carbocycles. The van der Waals surface area contributed by atoms with Crippen molar-refractivity contribution in [3.63, 3.8) is 0 Å². The molecule has 1 heterocycles. The van der Waals surface area contributed by atoms with Gasteiger partial charge in [0.1, 0.15) is 5.60 Å². The Balaban J connectivity index is 2.91. The van der Waals surface area contributed by atoms with E-state index in [2.05, 4.69) is 20.9 Å². The first-order chi connectivity index (χ1) is 6.83. The normalized spacial score (nSPS) is 11.5. The Hall–Kier alpha value is -0.460. The first-order valence-corrected chi connectivity index (χ1v) is 6.03. The number of aromatic nitrogens is 1. The molecule has 0 amide bonds. The molecule has 1 aromatic heterocycles. The van der Waals surface area contributed by atoms with Crippen LogP contribution in [0.4, 0.5) is 0 Å². The van der Waals surface area contributed by atoms with Crippen LogP contribution in [0.25, 0.3) is 0 Å². The molecule has 0 saturated carbocycles. The van der Waals surface area contributed by atoms with Gasteiger partial charge in [-0.25, -0.2) is 9.78 Å². The maximum Gasteiger partial charge on any atom is 0.358 e. The van der Waals surface area contributed by atoms with Gasteiger partial charge in [-0.2, -0.15) is 0 Å². The summed E-state index contributed by atoms with van der Waals surface area (Å²) in [7, 11) is 0. The number of rotatable bonds is 2. The molecule has 0 aromatic carbocycles. The van der Waals surface area contributed by atoms with Gasteiger partial charge in [0.2, 0.25) is 0 Å². The van der Waals surface area contributed by atoms with Gasteiger partial charge in [0, 0.05) is 6.54 Å². The molecule has 0 aliphatic rings. The topological polar surface area (TPSA) is 65.2 Å². The smallest absolute Gasteiger partial charge is 0.358 e. The van der Waals surface area contributed by atoms with Crippen LogP contribution < -0.4 is 5.73 Å². The zero-order valence-electron chi connectivity index (χ0n) is 8.83. The molecule has 0 unspecified atom stereocenters. The minimum absolute atomic E-state index is 0.290. The quantitative estimate of drug-likeness (QED) is 0.850. The van der Waals surface area contributed by atoms with Crippen LogP contribution in [0.1, 0.15) is 36.1 Å². The summed E-state index contributed by atoms with van der Waals surface area (Å²) in [6.07, 6.45) is 0. The van der Waals surface area contributed by atoms with E-state index in [4.69, 9.17) is 10.5 Å². The number of nitrogens with zero attached hydrogens (tertiary/aromatic N) is 1. The van der Waals surface area contributed by atoms with Crippen LogP contribution in [0, 0.1) is 0 Å². The van der Waals surface area contributed by atoms with Crippen molar-refractivity contribution in [2.75, 3.05) is 0 Å². The monoisotopic (exact) mass is 292 g/mol. The van der Waals surface area contributed by atoms with Crippen molar-refractivity contribution < 1.29 is 9.53 Å². The summed E-state index contributed by atoms with van der Waals surface area (Å²) >= 11 is 4.56. The molecule has 6 heteroatoms. The first-order valence-electron chi connectivity index (χ1n) is 4.42. The van der Waals surface area contributed by atoms with Crippen molar-refractivity contribution in [3.05, 3.63) is 14.5 Å². The second-order valence-corrected chi connectivity index (χ2v) is 6.30. The Kier molecular flexibility index (Phi) is 3.86. The van der Waals surface area contributed by atoms with Gasteiger partial charge in [0.15, 0.2) is 9.61 Å². The van der Waals surface area contributed by atoms with Gasteiger partial charge in [-0.3, -0.25) is 0 Å². The van der Waals surface area contributed by atoms with Crippen LogP contribution in [0.15, 0.2) is 3.92 Å². The fourth-order valence-corrected chi connectivity index (χ4v) is 2.36. The average molecular weight is 293 g/mol. The molecule has 0 saturated heterocycles. The molecule has 1 rings (SSSR count). The summed E-state index contributed by atoms with van der Waals surface area (Å²) < 4.78 is 5.85. The van der Waals surface area contributed by atoms with Crippen molar-refractivity contribution >= 4 is 33.2 Å². The van der Waals surface area contributed by atoms with Crippen LogP contribution >= 0.6 is 27.3 Å². The van der Waals surface area contributed by atoms with E-state index in [0.717, 1.165) is 4.88 Å². The van der Waals surface area contributed by atoms with Gasteiger partial charge in [-0.1, -0.05) is 0 Å². The Labute approximate surface area is 101 Å². The molecular formula is C9H13BrN2O2S. The van der Waals surface area contributed by atoms with E-state index in [9.17, 15) is 4.79 Å². The highest BCUT2D eigenvalue weighted by molar-refractivity contribution is 9.11. The van der Waals surface area contributed by atoms with E-state index in [0.29, 0.717) is 9.61 Å². The highest BCUT2D eigenvalue weighted by atomic mass is 79.9. The summed E-state index contributed by atoms with van der Waals surface area (Å²) in [5, 5.41) is 0. The summed E-state index contributed by atoms with van der Waals surface area (Å²) in [4.78, 5) is 16.5. The number of carbonyl (C=O) groups is 1. The van der Waals surface area contributed by atoms with Crippen molar-refractivity contribution in [1.29, 1.82) is 0 Å². The molecule has 0 spiro atoms. The lowest BCUT2D eigenvalue weighted by Gasteiger charge is -2.18. The van der Waals surface area contributed by atoms with E-state index in [1.54, 1.807) is 0 Å². The van der Waals surface area contributed by atoms with E-state index in [1.165, 1.54) is 11.3 Å². The van der Waals surface area contributed by atoms with Crippen LogP contribution in [-0.2, 0) is 11.3 Å². The number of hydrogen-bond donors (Lipinski definition) is 1. The maximum atomic E-state index is 11.7. The molecule has 0 radical (unpaired) electrons. The van der Waals surface area contributed by atoms with Crippen LogP contribution in [-0.4, -0.2) is 16.6 Å². The molecule has 2 N–H and O–H groups in total. The third kappa shape index (κ3) is 3.55. The summed E-state index contributed by atoms with van der Waals surface area (Å²) in [5.41, 5.74) is 5.30. The van der Waals surface area contributed by atoms with Crippen LogP contribution in [0.2, 0.25) is 0 Å². The average Bonchev–Trinajstić information content (AvgIpc) is 2.43. The van der Waals surface area contributed by atoms with E-state index in [-0.39, 0.29) is 6.54 Å². The zero-order chi connectivity index (χ0) is 11.6. The number of esters is 1. The van der Waals surface area contributed by atoms with Gasteiger partial charge in [0.05, 0.1) is 4.88 Å². The number of nitrogens with two attached hydrogens (primary N) is 1. The Bertz CT molecular complexity index is 371. The molecule has 15 heavy (non-hydrogen) atoms. The van der Waals surface area contributed by atoms with Gasteiger partial charge >= 0.3 is 5.97 Å². The Morgan fingerprint density at radius 2 is 2.20 bits per heavy atom. The van der Waals surface area contributed by atoms with E-state index < -0.39 is 11.6 Å². The van der Waals surface area contributed by atoms with E-state index >= 15 is 0 Å². The lowest BCUT2D eigenvalue weighted by atomic mass is 10.2. The van der Waals surface area contributed by atoms with Crippen molar-refractivity contribution in [2.24, 2.45) is 5.73 Å². The van der Waals surface area contributed by atoms with Crippen molar-refractivity contribution in [2.45, 2.75) is 32.9 Å². The second-order valence-electron chi connectivity index (χ2n) is 3.94. The zero-order valence-corrected chi connectivity index (χ0v) is 11.2. The lowest BCUT2D eigenvalue weighted by molar-refractivity contribution is 0.00624. The highest BCUT2D eigenvalue weighted by Gasteiger charge is 2.23. The van der Waals surface area contributed by atoms with Gasteiger partial charge in [0.25, 0.3) is 0 Å². The summed E-state index contributed by atoms with van der Waals surface area (Å²) in [6, 6.07) is 0. The molecule has 84 valence electrons. The number of carbonyl (C=O) groups excluding carboxylic acids is 1. The molecule has 0 fully saturated rings. The third-order valence-electron chi connectivity index (χ3n) is 1.45. The van der Waals surface area contributed by atoms with E-state index in [1.807, 2.05) is 20.8 Å². The largest absolute Gasteiger partial charge is 0.455 e. The van der Waals surface area contributed by atoms with Crippen molar-refractivity contribution in [1.82, 2.24) is 4.98 Å². The highest BCUT2D eigenvalue weighted by Crippen LogP contribution is 2.24. The van der Waals surface area contributed by atoms with Gasteiger partial charge in [-0.05, 0) is 36.7 Å². The lowest BCUT2D eigenvalue weighted by Crippen LogP contribution is -2.24.